The fraction of sp³-hybridized carbons (Fsp3) is 0.304. The maximum Gasteiger partial charge on any atom is 0.192 e. The van der Waals surface area contributed by atoms with Gasteiger partial charge in [0.25, 0.3) is 0 Å². The Kier molecular flexibility index (Phi) is 4.77. The lowest BCUT2D eigenvalue weighted by Gasteiger charge is -2.13. The number of aliphatic hydroxyl groups excluding tert-OH is 2. The molecule has 4 rings (SSSR count). The average molecular weight is 362 g/mol. The molecule has 2 aliphatic carbocycles. The van der Waals surface area contributed by atoms with E-state index < -0.39 is 12.2 Å². The highest BCUT2D eigenvalue weighted by atomic mass is 16.3. The van der Waals surface area contributed by atoms with Gasteiger partial charge in [0.1, 0.15) is 6.10 Å². The summed E-state index contributed by atoms with van der Waals surface area (Å²) in [5.41, 5.74) is 3.06. The van der Waals surface area contributed by atoms with Crippen molar-refractivity contribution in [1.82, 2.24) is 0 Å². The van der Waals surface area contributed by atoms with Gasteiger partial charge < -0.3 is 10.2 Å². The molecule has 0 amide bonds. The van der Waals surface area contributed by atoms with Crippen molar-refractivity contribution in [2.45, 2.75) is 37.9 Å². The molecule has 0 saturated carbocycles. The highest BCUT2D eigenvalue weighted by molar-refractivity contribution is 6.13. The zero-order valence-electron chi connectivity index (χ0n) is 15.0. The Morgan fingerprint density at radius 2 is 1.52 bits per heavy atom. The maximum atomic E-state index is 12.4. The number of ketones is 2. The van der Waals surface area contributed by atoms with Crippen LogP contribution in [0.2, 0.25) is 0 Å². The lowest BCUT2D eigenvalue weighted by atomic mass is 9.95. The van der Waals surface area contributed by atoms with E-state index in [0.717, 1.165) is 18.4 Å². The van der Waals surface area contributed by atoms with Gasteiger partial charge in [-0.1, -0.05) is 61.0 Å². The number of hydrogen-bond acceptors (Lipinski definition) is 4. The monoisotopic (exact) mass is 362 g/mol. The Labute approximate surface area is 158 Å². The lowest BCUT2D eigenvalue weighted by molar-refractivity contribution is 0.0733. The second-order valence-electron chi connectivity index (χ2n) is 7.27. The summed E-state index contributed by atoms with van der Waals surface area (Å²) < 4.78 is 0. The van der Waals surface area contributed by atoms with Crippen molar-refractivity contribution in [2.75, 3.05) is 0 Å². The molecule has 138 valence electrons. The second-order valence-corrected chi connectivity index (χ2v) is 7.27. The molecule has 2 aromatic carbocycles. The molecule has 0 aromatic heterocycles. The van der Waals surface area contributed by atoms with Crippen LogP contribution in [-0.2, 0) is 0 Å². The normalized spacial score (nSPS) is 25.1. The van der Waals surface area contributed by atoms with Gasteiger partial charge in [-0.25, -0.2) is 0 Å². The third-order valence-electron chi connectivity index (χ3n) is 5.65. The van der Waals surface area contributed by atoms with Gasteiger partial charge in [0.05, 0.1) is 12.0 Å². The molecule has 0 aliphatic heterocycles. The van der Waals surface area contributed by atoms with Crippen molar-refractivity contribution in [3.63, 3.8) is 0 Å². The van der Waals surface area contributed by atoms with E-state index in [9.17, 15) is 19.8 Å². The highest BCUT2D eigenvalue weighted by Gasteiger charge is 2.37. The zero-order valence-corrected chi connectivity index (χ0v) is 15.0. The lowest BCUT2D eigenvalue weighted by Crippen LogP contribution is -2.13. The van der Waals surface area contributed by atoms with Crippen LogP contribution in [-0.4, -0.2) is 21.8 Å². The third-order valence-corrected chi connectivity index (χ3v) is 5.65. The summed E-state index contributed by atoms with van der Waals surface area (Å²) in [6, 6.07) is 14.4. The minimum Gasteiger partial charge on any atom is -0.388 e. The summed E-state index contributed by atoms with van der Waals surface area (Å²) >= 11 is 0. The van der Waals surface area contributed by atoms with E-state index in [1.807, 2.05) is 30.3 Å². The van der Waals surface area contributed by atoms with Crippen LogP contribution < -0.4 is 0 Å². The molecule has 3 unspecified atom stereocenters. The molecule has 2 aromatic rings. The minimum absolute atomic E-state index is 0.0216. The van der Waals surface area contributed by atoms with Gasteiger partial charge >= 0.3 is 0 Å². The number of carbonyl (C=O) groups excluding carboxylic acids is 2. The molecule has 27 heavy (non-hydrogen) atoms. The standard InChI is InChI=1S/C23H22O4/c24-20-14-8-4-5-9-15(14)21(25)18(20)12-2-1-3-13-19-22(26)16-10-6-7-11-17(16)23(19)27/h4-12,19-20,22,24,26H,1-3,13H2. The topological polar surface area (TPSA) is 74.6 Å². The predicted octanol–water partition coefficient (Wildman–Crippen LogP) is 3.95. The molecule has 2 aliphatic rings. The fourth-order valence-electron chi connectivity index (χ4n) is 4.19. The van der Waals surface area contributed by atoms with Crippen molar-refractivity contribution in [1.29, 1.82) is 0 Å². The van der Waals surface area contributed by atoms with E-state index in [4.69, 9.17) is 0 Å². The van der Waals surface area contributed by atoms with E-state index in [-0.39, 0.29) is 17.5 Å². The number of unbranched alkanes of at least 4 members (excludes halogenated alkanes) is 2. The quantitative estimate of drug-likeness (QED) is 0.624. The van der Waals surface area contributed by atoms with Gasteiger partial charge in [-0.15, -0.1) is 0 Å². The van der Waals surface area contributed by atoms with E-state index in [0.29, 0.717) is 35.1 Å². The van der Waals surface area contributed by atoms with Crippen molar-refractivity contribution >= 4 is 11.6 Å². The van der Waals surface area contributed by atoms with Crippen LogP contribution in [0.5, 0.6) is 0 Å². The second kappa shape index (κ2) is 7.22. The molecule has 2 N–H and O–H groups in total. The van der Waals surface area contributed by atoms with Gasteiger partial charge in [-0.2, -0.15) is 0 Å². The molecular weight excluding hydrogens is 340 g/mol. The highest BCUT2D eigenvalue weighted by Crippen LogP contribution is 2.39. The Morgan fingerprint density at radius 1 is 0.852 bits per heavy atom. The summed E-state index contributed by atoms with van der Waals surface area (Å²) in [6.45, 7) is 0. The van der Waals surface area contributed by atoms with Crippen LogP contribution in [0.25, 0.3) is 0 Å². The SMILES string of the molecule is O=C1C(=CCCCCC2C(=O)c3ccccc3C2O)C(O)c2ccccc21. The molecule has 4 heteroatoms. The smallest absolute Gasteiger partial charge is 0.192 e. The molecule has 0 radical (unpaired) electrons. The molecule has 3 atom stereocenters. The molecule has 0 fully saturated rings. The van der Waals surface area contributed by atoms with E-state index >= 15 is 0 Å². The van der Waals surface area contributed by atoms with E-state index in [1.165, 1.54) is 0 Å². The Morgan fingerprint density at radius 3 is 2.22 bits per heavy atom. The van der Waals surface area contributed by atoms with E-state index in [2.05, 4.69) is 0 Å². The average Bonchev–Trinajstić information content (AvgIpc) is 3.08. The number of carbonyl (C=O) groups is 2. The van der Waals surface area contributed by atoms with Crippen molar-refractivity contribution in [3.8, 4) is 0 Å². The maximum absolute atomic E-state index is 12.4. The summed E-state index contributed by atoms with van der Waals surface area (Å²) in [6.07, 6.45) is 3.11. The number of allylic oxidation sites excluding steroid dienone is 1. The summed E-state index contributed by atoms with van der Waals surface area (Å²) in [5, 5.41) is 20.7. The number of aliphatic hydroxyl groups is 2. The van der Waals surface area contributed by atoms with Gasteiger partial charge in [0.2, 0.25) is 0 Å². The van der Waals surface area contributed by atoms with Gasteiger partial charge in [-0.3, -0.25) is 9.59 Å². The van der Waals surface area contributed by atoms with Crippen molar-refractivity contribution in [3.05, 3.63) is 82.4 Å². The fourth-order valence-corrected chi connectivity index (χ4v) is 4.19. The van der Waals surface area contributed by atoms with Crippen LogP contribution in [0.15, 0.2) is 60.2 Å². The Hall–Kier alpha value is -2.56. The molecule has 4 nitrogen and oxygen atoms in total. The van der Waals surface area contributed by atoms with Gasteiger partial charge in [-0.05, 0) is 30.4 Å². The minimum atomic E-state index is -0.846. The number of hydrogen-bond donors (Lipinski definition) is 2. The molecular formula is C23H22O4. The van der Waals surface area contributed by atoms with Crippen LogP contribution >= 0.6 is 0 Å². The van der Waals surface area contributed by atoms with Crippen LogP contribution in [0.3, 0.4) is 0 Å². The van der Waals surface area contributed by atoms with Crippen LogP contribution in [0.4, 0.5) is 0 Å². The zero-order chi connectivity index (χ0) is 19.0. The van der Waals surface area contributed by atoms with E-state index in [1.54, 1.807) is 24.3 Å². The third kappa shape index (κ3) is 3.05. The molecule has 0 bridgehead atoms. The van der Waals surface area contributed by atoms with Gasteiger partial charge in [0.15, 0.2) is 11.6 Å². The first-order chi connectivity index (χ1) is 13.1. The first-order valence-electron chi connectivity index (χ1n) is 9.42. The Bertz CT molecular complexity index is 927. The summed E-state index contributed by atoms with van der Waals surface area (Å²) in [5.74, 6) is -0.457. The number of fused-ring (bicyclic) bond motifs is 2. The van der Waals surface area contributed by atoms with Crippen LogP contribution in [0, 0.1) is 5.92 Å². The molecule has 0 saturated heterocycles. The predicted molar refractivity (Wildman–Crippen MR) is 102 cm³/mol. The number of rotatable bonds is 5. The van der Waals surface area contributed by atoms with Gasteiger partial charge in [0, 0.05) is 16.7 Å². The number of Topliss-reactive ketones (excluding diaryl/α,β-unsaturated/α-hetero) is 2. The summed E-state index contributed by atoms with van der Waals surface area (Å²) in [7, 11) is 0. The molecule has 0 heterocycles. The Balaban J connectivity index is 1.33. The first kappa shape index (κ1) is 17.8. The van der Waals surface area contributed by atoms with Crippen LogP contribution in [0.1, 0.15) is 69.7 Å². The van der Waals surface area contributed by atoms with Crippen molar-refractivity contribution < 1.29 is 19.8 Å². The molecule has 0 spiro atoms. The van der Waals surface area contributed by atoms with Crippen molar-refractivity contribution in [2.24, 2.45) is 5.92 Å². The number of benzene rings is 2. The largest absolute Gasteiger partial charge is 0.388 e. The summed E-state index contributed by atoms with van der Waals surface area (Å²) in [4.78, 5) is 24.8. The first-order valence-corrected chi connectivity index (χ1v) is 9.42.